The summed E-state index contributed by atoms with van der Waals surface area (Å²) in [4.78, 5) is 29.2. The third kappa shape index (κ3) is 3.87. The first-order chi connectivity index (χ1) is 11.2. The fourth-order valence-corrected chi connectivity index (χ4v) is 4.08. The average molecular weight is 319 g/mol. The van der Waals surface area contributed by atoms with E-state index in [4.69, 9.17) is 0 Å². The van der Waals surface area contributed by atoms with Crippen LogP contribution in [0.1, 0.15) is 44.9 Å². The van der Waals surface area contributed by atoms with Gasteiger partial charge in [-0.05, 0) is 50.9 Å². The number of rotatable bonds is 5. The summed E-state index contributed by atoms with van der Waals surface area (Å²) in [5.74, 6) is 1.66. The van der Waals surface area contributed by atoms with Crippen molar-refractivity contribution < 1.29 is 9.59 Å². The summed E-state index contributed by atoms with van der Waals surface area (Å²) in [5.41, 5.74) is 0. The number of amides is 2. The van der Waals surface area contributed by atoms with Crippen molar-refractivity contribution in [2.24, 2.45) is 17.8 Å². The molecular formula is C18H29N3O2. The van der Waals surface area contributed by atoms with Gasteiger partial charge in [-0.25, -0.2) is 0 Å². The highest BCUT2D eigenvalue weighted by Crippen LogP contribution is 2.33. The zero-order chi connectivity index (χ0) is 15.8. The van der Waals surface area contributed by atoms with Gasteiger partial charge in [-0.2, -0.15) is 0 Å². The molecule has 0 unspecified atom stereocenters. The predicted molar refractivity (Wildman–Crippen MR) is 87.7 cm³/mol. The second kappa shape index (κ2) is 6.42. The van der Waals surface area contributed by atoms with Crippen molar-refractivity contribution in [2.75, 3.05) is 32.7 Å². The zero-order valence-corrected chi connectivity index (χ0v) is 14.0. The van der Waals surface area contributed by atoms with E-state index in [9.17, 15) is 9.59 Å². The highest BCUT2D eigenvalue weighted by atomic mass is 16.2. The van der Waals surface area contributed by atoms with E-state index in [2.05, 4.69) is 10.2 Å². The molecule has 2 atom stereocenters. The number of nitrogens with one attached hydrogen (secondary N) is 1. The first-order valence-electron chi connectivity index (χ1n) is 9.50. The van der Waals surface area contributed by atoms with E-state index in [1.807, 2.05) is 4.90 Å². The molecule has 5 heteroatoms. The SMILES string of the molecule is O=C(N[C@@H]1CCN(CC2CC2)C1)[C@@H]1CCCN(C(=O)C2CC2)C1. The number of carbonyl (C=O) groups is 2. The van der Waals surface area contributed by atoms with E-state index in [1.165, 1.54) is 19.4 Å². The standard InChI is InChI=1S/C18H29N3O2/c22-17(19-16-7-9-20(12-16)10-13-3-4-13)15-2-1-8-21(11-15)18(23)14-5-6-14/h13-16H,1-12H2,(H,19,22)/t15-,16-/m1/s1. The molecule has 4 fully saturated rings. The van der Waals surface area contributed by atoms with Crippen molar-refractivity contribution in [1.82, 2.24) is 15.1 Å². The molecular weight excluding hydrogens is 290 g/mol. The second-order valence-corrected chi connectivity index (χ2v) is 8.09. The second-order valence-electron chi connectivity index (χ2n) is 8.09. The number of nitrogens with zero attached hydrogens (tertiary/aromatic N) is 2. The van der Waals surface area contributed by atoms with Gasteiger partial charge in [0.1, 0.15) is 0 Å². The van der Waals surface area contributed by atoms with E-state index in [1.54, 1.807) is 0 Å². The summed E-state index contributed by atoms with van der Waals surface area (Å²) in [5, 5.41) is 3.26. The Bertz CT molecular complexity index is 473. The Balaban J connectivity index is 1.24. The zero-order valence-electron chi connectivity index (χ0n) is 14.0. The molecule has 0 aromatic rings. The molecule has 5 nitrogen and oxygen atoms in total. The van der Waals surface area contributed by atoms with E-state index in [0.717, 1.165) is 57.7 Å². The first-order valence-corrected chi connectivity index (χ1v) is 9.50. The van der Waals surface area contributed by atoms with Gasteiger partial charge in [0.2, 0.25) is 11.8 Å². The van der Waals surface area contributed by atoms with Crippen LogP contribution in [0, 0.1) is 17.8 Å². The van der Waals surface area contributed by atoms with Crippen LogP contribution in [0.5, 0.6) is 0 Å². The molecule has 23 heavy (non-hydrogen) atoms. The molecule has 2 saturated carbocycles. The van der Waals surface area contributed by atoms with Crippen LogP contribution in [0.2, 0.25) is 0 Å². The highest BCUT2D eigenvalue weighted by molar-refractivity contribution is 5.83. The Labute approximate surface area is 138 Å². The molecule has 128 valence electrons. The van der Waals surface area contributed by atoms with Crippen molar-refractivity contribution in [3.8, 4) is 0 Å². The molecule has 2 aliphatic carbocycles. The lowest BCUT2D eigenvalue weighted by Gasteiger charge is -2.32. The Morgan fingerprint density at radius 3 is 2.48 bits per heavy atom. The number of piperidine rings is 1. The van der Waals surface area contributed by atoms with Crippen molar-refractivity contribution in [1.29, 1.82) is 0 Å². The monoisotopic (exact) mass is 319 g/mol. The smallest absolute Gasteiger partial charge is 0.225 e. The van der Waals surface area contributed by atoms with Crippen molar-refractivity contribution in [2.45, 2.75) is 51.0 Å². The molecule has 0 radical (unpaired) electrons. The minimum absolute atomic E-state index is 0.00364. The molecule has 0 aromatic carbocycles. The Morgan fingerprint density at radius 2 is 1.74 bits per heavy atom. The number of likely N-dealkylation sites (tertiary alicyclic amines) is 2. The quantitative estimate of drug-likeness (QED) is 0.829. The van der Waals surface area contributed by atoms with Crippen LogP contribution in [0.15, 0.2) is 0 Å². The van der Waals surface area contributed by atoms with Gasteiger partial charge in [0.05, 0.1) is 5.92 Å². The Hall–Kier alpha value is -1.10. The van der Waals surface area contributed by atoms with E-state index < -0.39 is 0 Å². The highest BCUT2D eigenvalue weighted by Gasteiger charge is 2.37. The van der Waals surface area contributed by atoms with Gasteiger partial charge in [0.15, 0.2) is 0 Å². The van der Waals surface area contributed by atoms with Gasteiger partial charge in [-0.3, -0.25) is 9.59 Å². The summed E-state index contributed by atoms with van der Waals surface area (Å²) in [6.07, 6.45) is 7.85. The van der Waals surface area contributed by atoms with Gasteiger partial charge in [-0.1, -0.05) is 0 Å². The lowest BCUT2D eigenvalue weighted by molar-refractivity contribution is -0.137. The van der Waals surface area contributed by atoms with Crippen molar-refractivity contribution >= 4 is 11.8 Å². The van der Waals surface area contributed by atoms with Gasteiger partial charge in [0.25, 0.3) is 0 Å². The minimum Gasteiger partial charge on any atom is -0.352 e. The van der Waals surface area contributed by atoms with Crippen molar-refractivity contribution in [3.63, 3.8) is 0 Å². The van der Waals surface area contributed by atoms with E-state index in [0.29, 0.717) is 18.5 Å². The number of carbonyl (C=O) groups excluding carboxylic acids is 2. The molecule has 4 rings (SSSR count). The molecule has 2 heterocycles. The Morgan fingerprint density at radius 1 is 0.913 bits per heavy atom. The largest absolute Gasteiger partial charge is 0.352 e. The number of hydrogen-bond donors (Lipinski definition) is 1. The summed E-state index contributed by atoms with van der Waals surface area (Å²) >= 11 is 0. The molecule has 0 spiro atoms. The van der Waals surface area contributed by atoms with Crippen LogP contribution >= 0.6 is 0 Å². The van der Waals surface area contributed by atoms with E-state index >= 15 is 0 Å². The topological polar surface area (TPSA) is 52.7 Å². The predicted octanol–water partition coefficient (Wildman–Crippen LogP) is 1.24. The summed E-state index contributed by atoms with van der Waals surface area (Å²) in [6.45, 7) is 4.84. The summed E-state index contributed by atoms with van der Waals surface area (Å²) in [7, 11) is 0. The molecule has 4 aliphatic rings. The third-order valence-electron chi connectivity index (χ3n) is 5.86. The molecule has 0 aromatic heterocycles. The minimum atomic E-state index is 0.00364. The van der Waals surface area contributed by atoms with Gasteiger partial charge >= 0.3 is 0 Å². The van der Waals surface area contributed by atoms with Crippen LogP contribution in [-0.4, -0.2) is 60.4 Å². The van der Waals surface area contributed by atoms with Gasteiger partial charge in [-0.15, -0.1) is 0 Å². The third-order valence-corrected chi connectivity index (χ3v) is 5.86. The maximum absolute atomic E-state index is 12.6. The maximum Gasteiger partial charge on any atom is 0.225 e. The van der Waals surface area contributed by atoms with Crippen LogP contribution in [0.25, 0.3) is 0 Å². The van der Waals surface area contributed by atoms with Gasteiger partial charge < -0.3 is 15.1 Å². The van der Waals surface area contributed by atoms with E-state index in [-0.39, 0.29) is 17.7 Å². The fraction of sp³-hybridized carbons (Fsp3) is 0.889. The Kier molecular flexibility index (Phi) is 4.31. The van der Waals surface area contributed by atoms with Crippen LogP contribution in [0.3, 0.4) is 0 Å². The molecule has 1 N–H and O–H groups in total. The van der Waals surface area contributed by atoms with Crippen molar-refractivity contribution in [3.05, 3.63) is 0 Å². The first kappa shape index (κ1) is 15.4. The fourth-order valence-electron chi connectivity index (χ4n) is 4.08. The van der Waals surface area contributed by atoms with Gasteiger partial charge in [0, 0.05) is 44.7 Å². The summed E-state index contributed by atoms with van der Waals surface area (Å²) < 4.78 is 0. The normalized spacial score (nSPS) is 32.1. The lowest BCUT2D eigenvalue weighted by atomic mass is 9.96. The number of hydrogen-bond acceptors (Lipinski definition) is 3. The maximum atomic E-state index is 12.6. The lowest BCUT2D eigenvalue weighted by Crippen LogP contribution is -2.48. The molecule has 2 saturated heterocycles. The molecule has 2 amide bonds. The van der Waals surface area contributed by atoms with Crippen LogP contribution < -0.4 is 5.32 Å². The molecule has 0 bridgehead atoms. The van der Waals surface area contributed by atoms with Crippen LogP contribution in [-0.2, 0) is 9.59 Å². The molecule has 2 aliphatic heterocycles. The van der Waals surface area contributed by atoms with Crippen LogP contribution in [0.4, 0.5) is 0 Å². The average Bonchev–Trinajstić information content (AvgIpc) is 3.47. The summed E-state index contributed by atoms with van der Waals surface area (Å²) in [6, 6.07) is 0.316.